The second-order valence-corrected chi connectivity index (χ2v) is 6.59. The molecule has 0 bridgehead atoms. The maximum atomic E-state index is 12.1. The lowest BCUT2D eigenvalue weighted by atomic mass is 10.3. The molecule has 104 valence electrons. The third kappa shape index (κ3) is 4.12. The molecule has 6 heteroatoms. The highest BCUT2D eigenvalue weighted by atomic mass is 79.9. The summed E-state index contributed by atoms with van der Waals surface area (Å²) in [6, 6.07) is 5.71. The average molecular weight is 344 g/mol. The molecule has 0 atom stereocenters. The number of nitrogen functional groups attached to an aromatic ring is 1. The molecule has 1 amide bonds. The lowest BCUT2D eigenvalue weighted by Gasteiger charge is -2.32. The third-order valence-corrected chi connectivity index (χ3v) is 4.73. The van der Waals surface area contributed by atoms with Crippen LogP contribution in [0.3, 0.4) is 0 Å². The summed E-state index contributed by atoms with van der Waals surface area (Å²) in [4.78, 5) is 17.2. The number of nitrogens with two attached hydrogens (primary N) is 1. The molecule has 1 aliphatic heterocycles. The Morgan fingerprint density at radius 1 is 1.37 bits per heavy atom. The number of rotatable bonds is 3. The maximum Gasteiger partial charge on any atom is 0.233 e. The molecule has 1 fully saturated rings. The molecule has 1 aromatic carbocycles. The number of halogens is 1. The van der Waals surface area contributed by atoms with Crippen molar-refractivity contribution >= 4 is 39.3 Å². The largest absolute Gasteiger partial charge is 0.398 e. The highest BCUT2D eigenvalue weighted by molar-refractivity contribution is 9.10. The van der Waals surface area contributed by atoms with E-state index in [-0.39, 0.29) is 5.91 Å². The highest BCUT2D eigenvalue weighted by Crippen LogP contribution is 2.28. The van der Waals surface area contributed by atoms with Crippen molar-refractivity contribution < 1.29 is 4.79 Å². The molecule has 0 aliphatic carbocycles. The number of piperazine rings is 1. The number of nitrogens with zero attached hydrogens (tertiary/aromatic N) is 2. The zero-order valence-corrected chi connectivity index (χ0v) is 13.3. The molecule has 0 saturated carbocycles. The van der Waals surface area contributed by atoms with Crippen molar-refractivity contribution in [3.05, 3.63) is 22.7 Å². The molecule has 0 unspecified atom stereocenters. The Labute approximate surface area is 126 Å². The summed E-state index contributed by atoms with van der Waals surface area (Å²) in [6.07, 6.45) is 0. The van der Waals surface area contributed by atoms with Crippen LogP contribution < -0.4 is 5.73 Å². The first-order valence-electron chi connectivity index (χ1n) is 6.20. The number of anilines is 1. The first-order chi connectivity index (χ1) is 9.06. The van der Waals surface area contributed by atoms with Gasteiger partial charge in [-0.05, 0) is 25.2 Å². The lowest BCUT2D eigenvalue weighted by molar-refractivity contribution is -0.129. The van der Waals surface area contributed by atoms with E-state index < -0.39 is 0 Å². The number of hydrogen-bond acceptors (Lipinski definition) is 4. The lowest BCUT2D eigenvalue weighted by Crippen LogP contribution is -2.47. The van der Waals surface area contributed by atoms with E-state index in [1.807, 2.05) is 23.1 Å². The van der Waals surface area contributed by atoms with E-state index in [0.29, 0.717) is 5.75 Å². The minimum absolute atomic E-state index is 0.192. The van der Waals surface area contributed by atoms with E-state index in [4.69, 9.17) is 5.73 Å². The van der Waals surface area contributed by atoms with E-state index in [1.54, 1.807) is 0 Å². The summed E-state index contributed by atoms with van der Waals surface area (Å²) in [7, 11) is 2.08. The first kappa shape index (κ1) is 14.7. The Kier molecular flexibility index (Phi) is 5.13. The predicted octanol–water partition coefficient (Wildman–Crippen LogP) is 1.90. The standard InChI is InChI=1S/C13H18BrN3OS/c1-16-4-6-17(7-5-16)13(18)9-19-12-8-10(14)2-3-11(12)15/h2-3,8H,4-7,9,15H2,1H3. The fourth-order valence-electron chi connectivity index (χ4n) is 1.92. The van der Waals surface area contributed by atoms with Crippen LogP contribution in [0.4, 0.5) is 5.69 Å². The van der Waals surface area contributed by atoms with E-state index >= 15 is 0 Å². The van der Waals surface area contributed by atoms with Crippen molar-refractivity contribution in [3.8, 4) is 0 Å². The third-order valence-electron chi connectivity index (χ3n) is 3.18. The van der Waals surface area contributed by atoms with Gasteiger partial charge in [0, 0.05) is 41.2 Å². The molecule has 19 heavy (non-hydrogen) atoms. The summed E-state index contributed by atoms with van der Waals surface area (Å²) < 4.78 is 0.983. The molecule has 1 saturated heterocycles. The van der Waals surface area contributed by atoms with Gasteiger partial charge in [-0.1, -0.05) is 15.9 Å². The van der Waals surface area contributed by atoms with Gasteiger partial charge in [0.05, 0.1) is 5.75 Å². The van der Waals surface area contributed by atoms with Gasteiger partial charge in [-0.2, -0.15) is 0 Å². The van der Waals surface area contributed by atoms with Crippen molar-refractivity contribution in [1.29, 1.82) is 0 Å². The summed E-state index contributed by atoms with van der Waals surface area (Å²) in [6.45, 7) is 3.55. The van der Waals surface area contributed by atoms with Crippen molar-refractivity contribution in [1.82, 2.24) is 9.80 Å². The highest BCUT2D eigenvalue weighted by Gasteiger charge is 2.19. The van der Waals surface area contributed by atoms with Crippen LogP contribution >= 0.6 is 27.7 Å². The van der Waals surface area contributed by atoms with E-state index in [0.717, 1.165) is 41.2 Å². The smallest absolute Gasteiger partial charge is 0.233 e. The van der Waals surface area contributed by atoms with Crippen LogP contribution in [0, 0.1) is 0 Å². The maximum absolute atomic E-state index is 12.1. The van der Waals surface area contributed by atoms with Gasteiger partial charge >= 0.3 is 0 Å². The quantitative estimate of drug-likeness (QED) is 0.672. The van der Waals surface area contributed by atoms with Gasteiger partial charge in [-0.3, -0.25) is 4.79 Å². The fraction of sp³-hybridized carbons (Fsp3) is 0.462. The molecular weight excluding hydrogens is 326 g/mol. The van der Waals surface area contributed by atoms with Gasteiger partial charge in [0.2, 0.25) is 5.91 Å². The van der Waals surface area contributed by atoms with Crippen molar-refractivity contribution in [2.75, 3.05) is 44.7 Å². The van der Waals surface area contributed by atoms with Gasteiger partial charge in [0.1, 0.15) is 0 Å². The topological polar surface area (TPSA) is 49.6 Å². The average Bonchev–Trinajstić information content (AvgIpc) is 2.40. The van der Waals surface area contributed by atoms with Crippen molar-refractivity contribution in [2.24, 2.45) is 0 Å². The van der Waals surface area contributed by atoms with E-state index in [1.165, 1.54) is 11.8 Å². The number of benzene rings is 1. The van der Waals surface area contributed by atoms with Crippen LogP contribution in [-0.4, -0.2) is 54.7 Å². The molecule has 0 radical (unpaired) electrons. The van der Waals surface area contributed by atoms with Gasteiger partial charge in [0.15, 0.2) is 0 Å². The second kappa shape index (κ2) is 6.63. The van der Waals surface area contributed by atoms with Crippen LogP contribution in [0.2, 0.25) is 0 Å². The van der Waals surface area contributed by atoms with Gasteiger partial charge in [0.25, 0.3) is 0 Å². The summed E-state index contributed by atoms with van der Waals surface area (Å²) in [5.41, 5.74) is 6.62. The fourth-order valence-corrected chi connectivity index (χ4v) is 3.34. The van der Waals surface area contributed by atoms with Crippen LogP contribution in [0.1, 0.15) is 0 Å². The van der Waals surface area contributed by atoms with E-state index in [2.05, 4.69) is 27.9 Å². The monoisotopic (exact) mass is 343 g/mol. The van der Waals surface area contributed by atoms with Crippen LogP contribution in [0.15, 0.2) is 27.6 Å². The Morgan fingerprint density at radius 2 is 2.05 bits per heavy atom. The molecule has 1 heterocycles. The number of hydrogen-bond donors (Lipinski definition) is 1. The number of thioether (sulfide) groups is 1. The molecule has 1 aliphatic rings. The van der Waals surface area contributed by atoms with Crippen molar-refractivity contribution in [2.45, 2.75) is 4.90 Å². The van der Waals surface area contributed by atoms with Gasteiger partial charge in [-0.15, -0.1) is 11.8 Å². The Balaban J connectivity index is 1.88. The minimum Gasteiger partial charge on any atom is -0.398 e. The molecule has 2 rings (SSSR count). The zero-order chi connectivity index (χ0) is 13.8. The second-order valence-electron chi connectivity index (χ2n) is 4.65. The summed E-state index contributed by atoms with van der Waals surface area (Å²) in [5, 5.41) is 0. The Hall–Kier alpha value is -0.720. The van der Waals surface area contributed by atoms with Crippen LogP contribution in [-0.2, 0) is 4.79 Å². The van der Waals surface area contributed by atoms with Crippen molar-refractivity contribution in [3.63, 3.8) is 0 Å². The number of carbonyl (C=O) groups is 1. The number of amides is 1. The molecule has 0 aromatic heterocycles. The first-order valence-corrected chi connectivity index (χ1v) is 7.98. The molecule has 1 aromatic rings. The summed E-state index contributed by atoms with van der Waals surface area (Å²) >= 11 is 4.92. The Morgan fingerprint density at radius 3 is 2.74 bits per heavy atom. The number of carbonyl (C=O) groups excluding carboxylic acids is 1. The molecular formula is C13H18BrN3OS. The molecule has 0 spiro atoms. The van der Waals surface area contributed by atoms with Gasteiger partial charge < -0.3 is 15.5 Å². The molecule has 4 nitrogen and oxygen atoms in total. The molecule has 2 N–H and O–H groups in total. The summed E-state index contributed by atoms with van der Waals surface area (Å²) in [5.74, 6) is 0.641. The van der Waals surface area contributed by atoms with Crippen LogP contribution in [0.5, 0.6) is 0 Å². The minimum atomic E-state index is 0.192. The van der Waals surface area contributed by atoms with Gasteiger partial charge in [-0.25, -0.2) is 0 Å². The predicted molar refractivity (Wildman–Crippen MR) is 83.4 cm³/mol. The zero-order valence-electron chi connectivity index (χ0n) is 10.9. The number of likely N-dealkylation sites (N-methyl/N-ethyl adjacent to an activating group) is 1. The Bertz CT molecular complexity index is 461. The van der Waals surface area contributed by atoms with E-state index in [9.17, 15) is 4.79 Å². The van der Waals surface area contributed by atoms with Crippen LogP contribution in [0.25, 0.3) is 0 Å². The SMILES string of the molecule is CN1CCN(C(=O)CSc2cc(Br)ccc2N)CC1. The normalized spacial score (nSPS) is 16.6.